The average molecular weight is 293 g/mol. The summed E-state index contributed by atoms with van der Waals surface area (Å²) in [5.41, 5.74) is 7.79. The van der Waals surface area contributed by atoms with E-state index in [1.807, 2.05) is 22.7 Å². The van der Waals surface area contributed by atoms with Crippen LogP contribution in [0.3, 0.4) is 0 Å². The van der Waals surface area contributed by atoms with Gasteiger partial charge in [0, 0.05) is 25.0 Å². The van der Waals surface area contributed by atoms with E-state index >= 15 is 0 Å². The summed E-state index contributed by atoms with van der Waals surface area (Å²) in [6.07, 6.45) is 8.92. The number of pyridine rings is 1. The molecule has 1 saturated heterocycles. The number of hydrogen-bond acceptors (Lipinski definition) is 3. The zero-order chi connectivity index (χ0) is 13.9. The molecule has 2 aromatic heterocycles. The highest BCUT2D eigenvalue weighted by Gasteiger charge is 2.22. The highest BCUT2D eigenvalue weighted by Crippen LogP contribution is 2.22. The van der Waals surface area contributed by atoms with E-state index in [-0.39, 0.29) is 0 Å². The summed E-state index contributed by atoms with van der Waals surface area (Å²) in [5, 5.41) is 0.737. The molecule has 108 valence electrons. The molecule has 20 heavy (non-hydrogen) atoms. The molecule has 3 heterocycles. The summed E-state index contributed by atoms with van der Waals surface area (Å²) in [4.78, 5) is 7.20. The molecule has 4 nitrogen and oxygen atoms in total. The predicted molar refractivity (Wildman–Crippen MR) is 81.9 cm³/mol. The number of nitrogens with two attached hydrogens (primary N) is 1. The number of likely N-dealkylation sites (tertiary alicyclic amines) is 1. The van der Waals surface area contributed by atoms with Crippen molar-refractivity contribution < 1.29 is 0 Å². The molecular formula is C15H21ClN4. The molecule has 2 N–H and O–H groups in total. The average Bonchev–Trinajstić information content (AvgIpc) is 2.82. The van der Waals surface area contributed by atoms with E-state index in [0.717, 1.165) is 42.4 Å². The first-order chi connectivity index (χ1) is 9.76. The Bertz CT molecular complexity index is 578. The van der Waals surface area contributed by atoms with E-state index < -0.39 is 0 Å². The first kappa shape index (κ1) is 13.9. The van der Waals surface area contributed by atoms with Gasteiger partial charge < -0.3 is 10.1 Å². The molecule has 1 aliphatic rings. The lowest BCUT2D eigenvalue weighted by atomic mass is 9.99. The molecule has 5 heteroatoms. The third-order valence-corrected chi connectivity index (χ3v) is 4.30. The van der Waals surface area contributed by atoms with Crippen LogP contribution < -0.4 is 5.73 Å². The maximum Gasteiger partial charge on any atom is 0.137 e. The summed E-state index contributed by atoms with van der Waals surface area (Å²) in [7, 11) is 0. The van der Waals surface area contributed by atoms with Gasteiger partial charge in [0.05, 0.1) is 10.7 Å². The second-order valence-corrected chi connectivity index (χ2v) is 5.98. The van der Waals surface area contributed by atoms with Gasteiger partial charge >= 0.3 is 0 Å². The second kappa shape index (κ2) is 6.12. The van der Waals surface area contributed by atoms with Crippen LogP contribution in [-0.2, 0) is 6.54 Å². The molecule has 0 aliphatic carbocycles. The summed E-state index contributed by atoms with van der Waals surface area (Å²) >= 11 is 6.01. The van der Waals surface area contributed by atoms with Crippen LogP contribution in [0.4, 0.5) is 0 Å². The van der Waals surface area contributed by atoms with Crippen LogP contribution in [0.2, 0.25) is 5.02 Å². The Morgan fingerprint density at radius 2 is 2.20 bits per heavy atom. The topological polar surface area (TPSA) is 46.6 Å². The molecule has 1 atom stereocenters. The van der Waals surface area contributed by atoms with E-state index in [0.29, 0.717) is 6.04 Å². The number of halogens is 1. The van der Waals surface area contributed by atoms with Gasteiger partial charge in [-0.3, -0.25) is 4.90 Å². The Labute approximate surface area is 124 Å². The Kier molecular flexibility index (Phi) is 4.24. The van der Waals surface area contributed by atoms with Gasteiger partial charge in [0.15, 0.2) is 0 Å². The van der Waals surface area contributed by atoms with Gasteiger partial charge in [0.1, 0.15) is 5.65 Å². The van der Waals surface area contributed by atoms with E-state index in [9.17, 15) is 0 Å². The Balaban J connectivity index is 1.77. The molecule has 0 amide bonds. The third kappa shape index (κ3) is 2.97. The predicted octanol–water partition coefficient (Wildman–Crippen LogP) is 2.69. The van der Waals surface area contributed by atoms with Crippen LogP contribution in [0.5, 0.6) is 0 Å². The monoisotopic (exact) mass is 292 g/mol. The summed E-state index contributed by atoms with van der Waals surface area (Å²) in [6.45, 7) is 2.82. The number of fused-ring (bicyclic) bond motifs is 1. The van der Waals surface area contributed by atoms with Gasteiger partial charge in [0.25, 0.3) is 0 Å². The number of aromatic nitrogens is 2. The molecule has 1 fully saturated rings. The smallest absolute Gasteiger partial charge is 0.137 e. The van der Waals surface area contributed by atoms with Crippen molar-refractivity contribution in [1.29, 1.82) is 0 Å². The van der Waals surface area contributed by atoms with E-state index in [2.05, 4.69) is 16.1 Å². The fourth-order valence-electron chi connectivity index (χ4n) is 3.09. The zero-order valence-corrected chi connectivity index (χ0v) is 12.4. The molecule has 0 aromatic carbocycles. The summed E-state index contributed by atoms with van der Waals surface area (Å²) in [5.74, 6) is 0. The lowest BCUT2D eigenvalue weighted by molar-refractivity contribution is 0.132. The van der Waals surface area contributed by atoms with Gasteiger partial charge in [0.2, 0.25) is 0 Å². The van der Waals surface area contributed by atoms with Crippen molar-refractivity contribution >= 4 is 17.2 Å². The van der Waals surface area contributed by atoms with Crippen LogP contribution in [0.15, 0.2) is 24.5 Å². The van der Waals surface area contributed by atoms with Gasteiger partial charge in [-0.15, -0.1) is 0 Å². The SMILES string of the molecule is NCCC1CCCCN1Cc1cn2cc(Cl)ccc2n1. The van der Waals surface area contributed by atoms with Gasteiger partial charge in [-0.1, -0.05) is 18.0 Å². The number of nitrogens with zero attached hydrogens (tertiary/aromatic N) is 3. The molecule has 1 aliphatic heterocycles. The number of piperidine rings is 1. The number of rotatable bonds is 4. The Morgan fingerprint density at radius 1 is 1.30 bits per heavy atom. The van der Waals surface area contributed by atoms with Crippen molar-refractivity contribution in [3.8, 4) is 0 Å². The summed E-state index contributed by atoms with van der Waals surface area (Å²) in [6, 6.07) is 4.45. The minimum absolute atomic E-state index is 0.613. The van der Waals surface area contributed by atoms with Gasteiger partial charge in [-0.25, -0.2) is 4.98 Å². The molecule has 3 rings (SSSR count). The minimum atomic E-state index is 0.613. The molecule has 2 aromatic rings. The van der Waals surface area contributed by atoms with E-state index in [1.165, 1.54) is 19.3 Å². The quantitative estimate of drug-likeness (QED) is 0.942. The number of hydrogen-bond donors (Lipinski definition) is 1. The van der Waals surface area contributed by atoms with Crippen molar-refractivity contribution in [3.63, 3.8) is 0 Å². The lowest BCUT2D eigenvalue weighted by Gasteiger charge is -2.35. The normalized spacial score (nSPS) is 20.6. The molecule has 1 unspecified atom stereocenters. The minimum Gasteiger partial charge on any atom is -0.330 e. The summed E-state index contributed by atoms with van der Waals surface area (Å²) < 4.78 is 2.00. The van der Waals surface area contributed by atoms with Crippen molar-refractivity contribution in [2.45, 2.75) is 38.3 Å². The second-order valence-electron chi connectivity index (χ2n) is 5.54. The van der Waals surface area contributed by atoms with Crippen molar-refractivity contribution in [2.24, 2.45) is 5.73 Å². The first-order valence-corrected chi connectivity index (χ1v) is 7.71. The molecule has 0 radical (unpaired) electrons. The largest absolute Gasteiger partial charge is 0.330 e. The standard InChI is InChI=1S/C15H21ClN4/c16-12-4-5-15-18-13(11-20(15)9-12)10-19-8-2-1-3-14(19)6-7-17/h4-5,9,11,14H,1-3,6-8,10,17H2. The van der Waals surface area contributed by atoms with Crippen molar-refractivity contribution in [2.75, 3.05) is 13.1 Å². The fourth-order valence-corrected chi connectivity index (χ4v) is 3.26. The maximum absolute atomic E-state index is 6.01. The van der Waals surface area contributed by atoms with Crippen LogP contribution in [0, 0.1) is 0 Å². The van der Waals surface area contributed by atoms with Gasteiger partial charge in [-0.05, 0) is 44.5 Å². The highest BCUT2D eigenvalue weighted by molar-refractivity contribution is 6.30. The molecule has 0 spiro atoms. The lowest BCUT2D eigenvalue weighted by Crippen LogP contribution is -2.40. The van der Waals surface area contributed by atoms with Crippen molar-refractivity contribution in [3.05, 3.63) is 35.2 Å². The zero-order valence-electron chi connectivity index (χ0n) is 11.6. The Hall–Kier alpha value is -1.10. The van der Waals surface area contributed by atoms with Crippen molar-refractivity contribution in [1.82, 2.24) is 14.3 Å². The van der Waals surface area contributed by atoms with Crippen LogP contribution in [0.25, 0.3) is 5.65 Å². The van der Waals surface area contributed by atoms with Crippen LogP contribution >= 0.6 is 11.6 Å². The van der Waals surface area contributed by atoms with Crippen LogP contribution in [0.1, 0.15) is 31.4 Å². The van der Waals surface area contributed by atoms with E-state index in [1.54, 1.807) is 0 Å². The van der Waals surface area contributed by atoms with Crippen LogP contribution in [-0.4, -0.2) is 33.4 Å². The molecule has 0 saturated carbocycles. The molecule has 0 bridgehead atoms. The third-order valence-electron chi connectivity index (χ3n) is 4.08. The van der Waals surface area contributed by atoms with E-state index in [4.69, 9.17) is 17.3 Å². The number of imidazole rings is 1. The van der Waals surface area contributed by atoms with Gasteiger partial charge in [-0.2, -0.15) is 0 Å². The molecular weight excluding hydrogens is 272 g/mol. The highest BCUT2D eigenvalue weighted by atomic mass is 35.5. The first-order valence-electron chi connectivity index (χ1n) is 7.33. The maximum atomic E-state index is 6.01. The fraction of sp³-hybridized carbons (Fsp3) is 0.533. The Morgan fingerprint density at radius 3 is 3.05 bits per heavy atom.